The first-order chi connectivity index (χ1) is 7.74. The quantitative estimate of drug-likeness (QED) is 0.794. The van der Waals surface area contributed by atoms with Crippen molar-refractivity contribution in [2.24, 2.45) is 5.73 Å². The van der Waals surface area contributed by atoms with Gasteiger partial charge in [-0.2, -0.15) is 0 Å². The molecule has 1 heterocycles. The fraction of sp³-hybridized carbons (Fsp3) is 0.800. The summed E-state index contributed by atoms with van der Waals surface area (Å²) in [6, 6.07) is 0. The van der Waals surface area contributed by atoms with Crippen molar-refractivity contribution in [1.82, 2.24) is 15.0 Å². The summed E-state index contributed by atoms with van der Waals surface area (Å²) in [6.45, 7) is 5.90. The van der Waals surface area contributed by atoms with Crippen molar-refractivity contribution in [2.75, 3.05) is 11.5 Å². The molecule has 1 aromatic heterocycles. The molecule has 1 rings (SSSR count). The van der Waals surface area contributed by atoms with E-state index in [2.05, 4.69) is 10.3 Å². The molecule has 0 aliphatic rings. The molecule has 0 unspecified atom stereocenters. The first-order valence-corrected chi connectivity index (χ1v) is 7.46. The average molecular weight is 260 g/mol. The molecule has 98 valence electrons. The first-order valence-electron chi connectivity index (χ1n) is 5.64. The average Bonchev–Trinajstić information content (AvgIpc) is 2.66. The topological polar surface area (TPSA) is 90.9 Å². The molecule has 0 bridgehead atoms. The van der Waals surface area contributed by atoms with E-state index in [0.29, 0.717) is 18.7 Å². The van der Waals surface area contributed by atoms with Gasteiger partial charge in [-0.05, 0) is 20.3 Å². The molecule has 0 saturated carbocycles. The van der Waals surface area contributed by atoms with E-state index in [9.17, 15) is 8.42 Å². The van der Waals surface area contributed by atoms with Crippen molar-refractivity contribution in [3.63, 3.8) is 0 Å². The summed E-state index contributed by atoms with van der Waals surface area (Å²) in [7, 11) is -2.90. The van der Waals surface area contributed by atoms with Crippen LogP contribution in [0, 0.1) is 0 Å². The molecule has 0 spiro atoms. The van der Waals surface area contributed by atoms with Crippen molar-refractivity contribution >= 4 is 9.84 Å². The van der Waals surface area contributed by atoms with Crippen LogP contribution in [-0.4, -0.2) is 34.9 Å². The molecule has 0 amide bonds. The van der Waals surface area contributed by atoms with E-state index in [1.54, 1.807) is 17.8 Å². The maximum absolute atomic E-state index is 11.3. The number of hydrogen-bond acceptors (Lipinski definition) is 5. The van der Waals surface area contributed by atoms with E-state index >= 15 is 0 Å². The van der Waals surface area contributed by atoms with E-state index in [-0.39, 0.29) is 11.5 Å². The van der Waals surface area contributed by atoms with Crippen LogP contribution in [0.5, 0.6) is 0 Å². The zero-order valence-electron chi connectivity index (χ0n) is 10.5. The Bertz CT molecular complexity index is 459. The summed E-state index contributed by atoms with van der Waals surface area (Å²) in [5, 5.41) is 7.88. The maximum atomic E-state index is 11.3. The molecule has 0 fully saturated rings. The second-order valence-corrected chi connectivity index (χ2v) is 7.15. The van der Waals surface area contributed by atoms with Gasteiger partial charge in [-0.1, -0.05) is 12.1 Å². The molecule has 0 radical (unpaired) electrons. The molecule has 1 aromatic rings. The zero-order valence-corrected chi connectivity index (χ0v) is 11.4. The van der Waals surface area contributed by atoms with E-state index in [1.807, 2.05) is 13.8 Å². The first kappa shape index (κ1) is 14.1. The van der Waals surface area contributed by atoms with Crippen LogP contribution in [0.25, 0.3) is 0 Å². The van der Waals surface area contributed by atoms with Crippen molar-refractivity contribution in [2.45, 2.75) is 39.3 Å². The zero-order chi connectivity index (χ0) is 13.1. The Kier molecular flexibility index (Phi) is 4.26. The van der Waals surface area contributed by atoms with Crippen molar-refractivity contribution in [3.05, 3.63) is 11.9 Å². The smallest absolute Gasteiger partial charge is 0.150 e. The number of nitrogens with two attached hydrogens (primary N) is 1. The van der Waals surface area contributed by atoms with E-state index < -0.39 is 15.4 Å². The van der Waals surface area contributed by atoms with Gasteiger partial charge in [-0.3, -0.25) is 4.68 Å². The van der Waals surface area contributed by atoms with Crippen LogP contribution in [-0.2, 0) is 21.9 Å². The van der Waals surface area contributed by atoms with E-state index in [4.69, 9.17) is 5.73 Å². The van der Waals surface area contributed by atoms with Gasteiger partial charge in [0.15, 0.2) is 0 Å². The summed E-state index contributed by atoms with van der Waals surface area (Å²) in [5.74, 6) is 0.371. The van der Waals surface area contributed by atoms with Crippen LogP contribution in [0.4, 0.5) is 0 Å². The summed E-state index contributed by atoms with van der Waals surface area (Å²) >= 11 is 0. The van der Waals surface area contributed by atoms with Crippen molar-refractivity contribution in [3.8, 4) is 0 Å². The highest BCUT2D eigenvalue weighted by Gasteiger charge is 2.18. The van der Waals surface area contributed by atoms with Gasteiger partial charge >= 0.3 is 0 Å². The third-order valence-electron chi connectivity index (χ3n) is 2.48. The Morgan fingerprint density at radius 2 is 2.12 bits per heavy atom. The third-order valence-corrected chi connectivity index (χ3v) is 4.27. The number of sulfone groups is 1. The Morgan fingerprint density at radius 3 is 2.59 bits per heavy atom. The Hall–Kier alpha value is -0.950. The summed E-state index contributed by atoms with van der Waals surface area (Å²) in [5.41, 5.74) is 6.06. The minimum atomic E-state index is -2.90. The van der Waals surface area contributed by atoms with Crippen molar-refractivity contribution in [1.29, 1.82) is 0 Å². The molecule has 0 aliphatic heterocycles. The normalized spacial score (nSPS) is 12.9. The summed E-state index contributed by atoms with van der Waals surface area (Å²) in [4.78, 5) is 0. The molecular weight excluding hydrogens is 240 g/mol. The predicted molar refractivity (Wildman–Crippen MR) is 66.2 cm³/mol. The second kappa shape index (κ2) is 5.14. The molecule has 7 heteroatoms. The third kappa shape index (κ3) is 4.43. The van der Waals surface area contributed by atoms with Crippen molar-refractivity contribution < 1.29 is 8.42 Å². The predicted octanol–water partition coefficient (Wildman–Crippen LogP) is 0.297. The summed E-state index contributed by atoms with van der Waals surface area (Å²) < 4.78 is 24.2. The lowest BCUT2D eigenvalue weighted by Gasteiger charge is -2.13. The lowest BCUT2D eigenvalue weighted by molar-refractivity contribution is 0.533. The molecule has 2 N–H and O–H groups in total. The van der Waals surface area contributed by atoms with Gasteiger partial charge in [-0.25, -0.2) is 8.42 Å². The maximum Gasteiger partial charge on any atom is 0.150 e. The fourth-order valence-electron chi connectivity index (χ4n) is 1.29. The van der Waals surface area contributed by atoms with Gasteiger partial charge in [0.05, 0.1) is 17.5 Å². The Labute approximate surface area is 102 Å². The second-order valence-electron chi connectivity index (χ2n) is 4.68. The van der Waals surface area contributed by atoms with Crippen LogP contribution >= 0.6 is 0 Å². The molecule has 0 aliphatic carbocycles. The van der Waals surface area contributed by atoms with Gasteiger partial charge in [0.2, 0.25) is 0 Å². The fourth-order valence-corrected chi connectivity index (χ4v) is 2.15. The number of rotatable bonds is 6. The number of aromatic nitrogens is 3. The van der Waals surface area contributed by atoms with Crippen LogP contribution in [0.1, 0.15) is 32.9 Å². The monoisotopic (exact) mass is 260 g/mol. The Balaban J connectivity index is 2.52. The van der Waals surface area contributed by atoms with E-state index in [0.717, 1.165) is 0 Å². The molecule has 0 saturated heterocycles. The van der Waals surface area contributed by atoms with Gasteiger partial charge in [0.25, 0.3) is 0 Å². The number of aryl methyl sites for hydroxylation is 1. The minimum absolute atomic E-state index is 0.185. The molecule has 6 nitrogen and oxygen atoms in total. The van der Waals surface area contributed by atoms with E-state index in [1.165, 1.54) is 0 Å². The minimum Gasteiger partial charge on any atom is -0.320 e. The Morgan fingerprint density at radius 1 is 1.47 bits per heavy atom. The van der Waals surface area contributed by atoms with Gasteiger partial charge < -0.3 is 5.73 Å². The molecule has 0 aromatic carbocycles. The van der Waals surface area contributed by atoms with Crippen LogP contribution in [0.15, 0.2) is 6.20 Å². The van der Waals surface area contributed by atoms with Crippen LogP contribution < -0.4 is 5.73 Å². The lowest BCUT2D eigenvalue weighted by atomic mass is 10.0. The van der Waals surface area contributed by atoms with Gasteiger partial charge in [0, 0.05) is 12.3 Å². The molecular formula is C10H20N4O2S. The highest BCUT2D eigenvalue weighted by Crippen LogP contribution is 2.12. The lowest BCUT2D eigenvalue weighted by Crippen LogP contribution is -2.29. The highest BCUT2D eigenvalue weighted by atomic mass is 32.2. The summed E-state index contributed by atoms with van der Waals surface area (Å²) in [6.07, 6.45) is 2.31. The SMILES string of the molecule is CCS(=O)(=O)CCCn1cc(C(C)(C)N)nn1. The van der Waals surface area contributed by atoms with Gasteiger partial charge in [0.1, 0.15) is 15.5 Å². The number of hydrogen-bond donors (Lipinski definition) is 1. The van der Waals surface area contributed by atoms with Gasteiger partial charge in [-0.15, -0.1) is 5.10 Å². The standard InChI is InChI=1S/C10H20N4O2S/c1-4-17(15,16)7-5-6-14-8-9(12-13-14)10(2,3)11/h8H,4-7,11H2,1-3H3. The van der Waals surface area contributed by atoms with Crippen LogP contribution in [0.2, 0.25) is 0 Å². The number of nitrogens with zero attached hydrogens (tertiary/aromatic N) is 3. The highest BCUT2D eigenvalue weighted by molar-refractivity contribution is 7.91. The molecule has 17 heavy (non-hydrogen) atoms. The van der Waals surface area contributed by atoms with Crippen LogP contribution in [0.3, 0.4) is 0 Å². The molecule has 0 atom stereocenters. The largest absolute Gasteiger partial charge is 0.320 e.